The van der Waals surface area contributed by atoms with E-state index in [0.29, 0.717) is 16.8 Å². The Hall–Kier alpha value is -3.74. The van der Waals surface area contributed by atoms with Crippen LogP contribution in [-0.4, -0.2) is 10.5 Å². The predicted molar refractivity (Wildman–Crippen MR) is 106 cm³/mol. The number of rotatable bonds is 3. The van der Waals surface area contributed by atoms with Gasteiger partial charge in [-0.2, -0.15) is 0 Å². The monoisotopic (exact) mass is 394 g/mol. The maximum absolute atomic E-state index is 13.8. The molecule has 146 valence electrons. The molecule has 0 aliphatic rings. The molecule has 0 aliphatic heterocycles. The van der Waals surface area contributed by atoms with Gasteiger partial charge in [0.2, 0.25) is 0 Å². The zero-order valence-corrected chi connectivity index (χ0v) is 15.6. The van der Waals surface area contributed by atoms with Crippen LogP contribution in [-0.2, 0) is 7.05 Å². The zero-order valence-electron chi connectivity index (χ0n) is 15.6. The highest BCUT2D eigenvalue weighted by molar-refractivity contribution is 6.04. The van der Waals surface area contributed by atoms with Crippen molar-refractivity contribution in [3.63, 3.8) is 0 Å². The number of hydrogen-bond donors (Lipinski definition) is 1. The van der Waals surface area contributed by atoms with Gasteiger partial charge in [0.15, 0.2) is 5.58 Å². The lowest BCUT2D eigenvalue weighted by molar-refractivity contribution is 0.101. The second kappa shape index (κ2) is 7.01. The molecule has 4 aromatic rings. The van der Waals surface area contributed by atoms with Crippen molar-refractivity contribution in [1.29, 1.82) is 0 Å². The minimum atomic E-state index is -0.922. The first kappa shape index (κ1) is 18.6. The summed E-state index contributed by atoms with van der Waals surface area (Å²) in [5, 5.41) is 2.50. The van der Waals surface area contributed by atoms with Crippen LogP contribution in [0.1, 0.15) is 15.9 Å². The van der Waals surface area contributed by atoms with Crippen molar-refractivity contribution >= 4 is 22.7 Å². The van der Waals surface area contributed by atoms with E-state index in [0.717, 1.165) is 28.8 Å². The second-order valence-electron chi connectivity index (χ2n) is 6.64. The Balaban J connectivity index is 1.64. The molecule has 0 unspecified atom stereocenters. The number of nitrogens with one attached hydrogen (secondary N) is 1. The topological polar surface area (TPSA) is 64.2 Å². The van der Waals surface area contributed by atoms with E-state index in [1.54, 1.807) is 37.4 Å². The average molecular weight is 394 g/mol. The number of anilines is 1. The van der Waals surface area contributed by atoms with Crippen LogP contribution in [0.3, 0.4) is 0 Å². The summed E-state index contributed by atoms with van der Waals surface area (Å²) in [6.45, 7) is 1.89. The number of amides is 1. The summed E-state index contributed by atoms with van der Waals surface area (Å²) in [5.41, 5.74) is 3.62. The Kier molecular flexibility index (Phi) is 4.50. The Morgan fingerprint density at radius 3 is 2.31 bits per heavy atom. The molecule has 1 amide bonds. The van der Waals surface area contributed by atoms with Gasteiger partial charge in [0.25, 0.3) is 5.91 Å². The highest BCUT2D eigenvalue weighted by Gasteiger charge is 2.17. The molecule has 1 N–H and O–H groups in total. The van der Waals surface area contributed by atoms with Crippen molar-refractivity contribution in [2.24, 2.45) is 7.05 Å². The van der Waals surface area contributed by atoms with E-state index in [1.807, 2.05) is 13.0 Å². The third-order valence-corrected chi connectivity index (χ3v) is 4.84. The molecule has 4 rings (SSSR count). The van der Waals surface area contributed by atoms with Crippen molar-refractivity contribution in [1.82, 2.24) is 4.57 Å². The lowest BCUT2D eigenvalue weighted by atomic mass is 9.99. The van der Waals surface area contributed by atoms with Gasteiger partial charge in [-0.3, -0.25) is 9.36 Å². The fourth-order valence-corrected chi connectivity index (χ4v) is 3.38. The van der Waals surface area contributed by atoms with Crippen LogP contribution in [0.15, 0.2) is 63.8 Å². The molecule has 0 atom stereocenters. The molecule has 0 saturated carbocycles. The highest BCUT2D eigenvalue weighted by atomic mass is 19.1. The second-order valence-corrected chi connectivity index (χ2v) is 6.64. The standard InChI is InChI=1S/C22H16F2N2O3/c1-12-15(10-11-18-20(12)26(2)22(28)29-18)13-6-8-14(9-7-13)25-21(27)19-16(23)4-3-5-17(19)24/h3-11H,1-2H3,(H,25,27). The molecule has 29 heavy (non-hydrogen) atoms. The van der Waals surface area contributed by atoms with Crippen molar-refractivity contribution in [2.45, 2.75) is 6.92 Å². The first-order chi connectivity index (χ1) is 13.9. The number of nitrogens with zero attached hydrogens (tertiary/aromatic N) is 1. The molecule has 0 spiro atoms. The molecule has 3 aromatic carbocycles. The van der Waals surface area contributed by atoms with Crippen LogP contribution >= 0.6 is 0 Å². The van der Waals surface area contributed by atoms with Crippen LogP contribution in [0, 0.1) is 18.6 Å². The molecule has 7 heteroatoms. The van der Waals surface area contributed by atoms with E-state index in [-0.39, 0.29) is 0 Å². The van der Waals surface area contributed by atoms with E-state index in [1.165, 1.54) is 10.6 Å². The van der Waals surface area contributed by atoms with Gasteiger partial charge < -0.3 is 9.73 Å². The fourth-order valence-electron chi connectivity index (χ4n) is 3.38. The molecule has 0 bridgehead atoms. The predicted octanol–water partition coefficient (Wildman–Crippen LogP) is 4.64. The van der Waals surface area contributed by atoms with E-state index in [4.69, 9.17) is 4.42 Å². The lowest BCUT2D eigenvalue weighted by Crippen LogP contribution is -2.15. The Morgan fingerprint density at radius 1 is 1.00 bits per heavy atom. The summed E-state index contributed by atoms with van der Waals surface area (Å²) in [4.78, 5) is 24.0. The van der Waals surface area contributed by atoms with Crippen LogP contribution in [0.5, 0.6) is 0 Å². The molecule has 1 aromatic heterocycles. The molecule has 1 heterocycles. The first-order valence-corrected chi connectivity index (χ1v) is 8.81. The molecule has 5 nitrogen and oxygen atoms in total. The van der Waals surface area contributed by atoms with Crippen molar-refractivity contribution < 1.29 is 18.0 Å². The van der Waals surface area contributed by atoms with E-state index >= 15 is 0 Å². The van der Waals surface area contributed by atoms with Crippen molar-refractivity contribution in [2.75, 3.05) is 5.32 Å². The normalized spacial score (nSPS) is 11.0. The number of carbonyl (C=O) groups excluding carboxylic acids is 1. The van der Waals surface area contributed by atoms with E-state index < -0.39 is 28.9 Å². The summed E-state index contributed by atoms with van der Waals surface area (Å²) in [6, 6.07) is 13.7. The quantitative estimate of drug-likeness (QED) is 0.551. The number of aryl methyl sites for hydroxylation is 2. The maximum Gasteiger partial charge on any atom is 0.419 e. The van der Waals surface area contributed by atoms with Crippen molar-refractivity contribution in [3.05, 3.63) is 87.9 Å². The minimum absolute atomic E-state index is 0.399. The summed E-state index contributed by atoms with van der Waals surface area (Å²) < 4.78 is 34.2. The molecular formula is C22H16F2N2O3. The van der Waals surface area contributed by atoms with Gasteiger partial charge >= 0.3 is 5.76 Å². The zero-order chi connectivity index (χ0) is 20.7. The van der Waals surface area contributed by atoms with Gasteiger partial charge in [-0.15, -0.1) is 0 Å². The summed E-state index contributed by atoms with van der Waals surface area (Å²) in [6.07, 6.45) is 0. The fraction of sp³-hybridized carbons (Fsp3) is 0.0909. The summed E-state index contributed by atoms with van der Waals surface area (Å²) in [5.74, 6) is -3.14. The third-order valence-electron chi connectivity index (χ3n) is 4.84. The van der Waals surface area contributed by atoms with Gasteiger partial charge in [0.05, 0.1) is 5.52 Å². The van der Waals surface area contributed by atoms with Crippen molar-refractivity contribution in [3.8, 4) is 11.1 Å². The van der Waals surface area contributed by atoms with Gasteiger partial charge in [-0.1, -0.05) is 24.3 Å². The smallest absolute Gasteiger partial charge is 0.408 e. The van der Waals surface area contributed by atoms with Crippen LogP contribution in [0.25, 0.3) is 22.2 Å². The lowest BCUT2D eigenvalue weighted by Gasteiger charge is -2.10. The number of carbonyl (C=O) groups is 1. The Bertz CT molecular complexity index is 1280. The molecule has 0 aliphatic carbocycles. The number of halogens is 2. The molecular weight excluding hydrogens is 378 g/mol. The molecule has 0 fully saturated rings. The van der Waals surface area contributed by atoms with E-state index in [2.05, 4.69) is 5.32 Å². The van der Waals surface area contributed by atoms with Gasteiger partial charge in [-0.25, -0.2) is 13.6 Å². The summed E-state index contributed by atoms with van der Waals surface area (Å²) >= 11 is 0. The van der Waals surface area contributed by atoms with Gasteiger partial charge in [0, 0.05) is 12.7 Å². The minimum Gasteiger partial charge on any atom is -0.408 e. The first-order valence-electron chi connectivity index (χ1n) is 8.81. The van der Waals surface area contributed by atoms with E-state index in [9.17, 15) is 18.4 Å². The highest BCUT2D eigenvalue weighted by Crippen LogP contribution is 2.30. The van der Waals surface area contributed by atoms with Gasteiger partial charge in [-0.05, 0) is 53.9 Å². The van der Waals surface area contributed by atoms with Crippen LogP contribution in [0.4, 0.5) is 14.5 Å². The Morgan fingerprint density at radius 2 is 1.66 bits per heavy atom. The number of hydrogen-bond acceptors (Lipinski definition) is 3. The summed E-state index contributed by atoms with van der Waals surface area (Å²) in [7, 11) is 1.64. The number of aromatic nitrogens is 1. The number of benzene rings is 3. The maximum atomic E-state index is 13.8. The largest absolute Gasteiger partial charge is 0.419 e. The average Bonchev–Trinajstić information content (AvgIpc) is 2.97. The number of fused-ring (bicyclic) bond motifs is 1. The Labute approximate surface area is 164 Å². The number of oxazole rings is 1. The van der Waals surface area contributed by atoms with Gasteiger partial charge in [0.1, 0.15) is 17.2 Å². The SMILES string of the molecule is Cc1c(-c2ccc(NC(=O)c3c(F)cccc3F)cc2)ccc2oc(=O)n(C)c12. The molecule has 0 saturated heterocycles. The van der Waals surface area contributed by atoms with Crippen LogP contribution in [0.2, 0.25) is 0 Å². The third kappa shape index (κ3) is 3.20. The van der Waals surface area contributed by atoms with Crippen LogP contribution < -0.4 is 11.1 Å². The molecule has 0 radical (unpaired) electrons.